The third kappa shape index (κ3) is 3.76. The zero-order chi connectivity index (χ0) is 17.8. The molecule has 0 amide bonds. The molecule has 0 saturated carbocycles. The minimum absolute atomic E-state index is 0.0977. The third-order valence-electron chi connectivity index (χ3n) is 4.64. The summed E-state index contributed by atoms with van der Waals surface area (Å²) in [6, 6.07) is 15.6. The second kappa shape index (κ2) is 7.56. The van der Waals surface area contributed by atoms with Gasteiger partial charge in [0.25, 0.3) is 0 Å². The minimum Gasteiger partial charge on any atom is -0.497 e. The van der Waals surface area contributed by atoms with Gasteiger partial charge in [0.2, 0.25) is 0 Å². The van der Waals surface area contributed by atoms with E-state index >= 15 is 0 Å². The smallest absolute Gasteiger partial charge is 0.123 e. The van der Waals surface area contributed by atoms with Gasteiger partial charge in [-0.2, -0.15) is 5.26 Å². The van der Waals surface area contributed by atoms with Crippen molar-refractivity contribution in [2.75, 3.05) is 20.8 Å². The fraction of sp³-hybridized carbons (Fsp3) is 0.350. The molecule has 25 heavy (non-hydrogen) atoms. The molecule has 0 bridgehead atoms. The molecule has 3 rings (SSSR count). The highest BCUT2D eigenvalue weighted by molar-refractivity contribution is 5.42. The summed E-state index contributed by atoms with van der Waals surface area (Å²) in [6.45, 7) is 1.19. The highest BCUT2D eigenvalue weighted by Crippen LogP contribution is 2.36. The van der Waals surface area contributed by atoms with Crippen molar-refractivity contribution in [3.63, 3.8) is 0 Å². The summed E-state index contributed by atoms with van der Waals surface area (Å²) in [5.74, 6) is 1.56. The molecule has 5 heteroatoms. The van der Waals surface area contributed by atoms with Crippen LogP contribution in [-0.2, 0) is 6.54 Å². The molecule has 1 aliphatic heterocycles. The van der Waals surface area contributed by atoms with Crippen molar-refractivity contribution in [1.29, 1.82) is 5.26 Å². The van der Waals surface area contributed by atoms with E-state index in [1.807, 2.05) is 30.3 Å². The maximum Gasteiger partial charge on any atom is 0.123 e. The molecule has 1 aliphatic rings. The van der Waals surface area contributed by atoms with Crippen LogP contribution in [0.5, 0.6) is 11.5 Å². The lowest BCUT2D eigenvalue weighted by molar-refractivity contribution is 0.172. The predicted octanol–water partition coefficient (Wildman–Crippen LogP) is 2.88. The maximum atomic E-state index is 10.2. The molecule has 130 valence electrons. The van der Waals surface area contributed by atoms with Crippen LogP contribution in [-0.4, -0.2) is 36.9 Å². The number of aliphatic hydroxyl groups excluding tert-OH is 1. The number of nitrogens with zero attached hydrogens (tertiary/aromatic N) is 2. The summed E-state index contributed by atoms with van der Waals surface area (Å²) in [7, 11) is 3.28. The van der Waals surface area contributed by atoms with E-state index in [0.29, 0.717) is 25.1 Å². The molecule has 0 radical (unpaired) electrons. The van der Waals surface area contributed by atoms with Crippen LogP contribution < -0.4 is 9.47 Å². The molecule has 1 heterocycles. The van der Waals surface area contributed by atoms with E-state index in [9.17, 15) is 5.11 Å². The zero-order valence-electron chi connectivity index (χ0n) is 14.5. The number of nitriles is 1. The topological polar surface area (TPSA) is 65.7 Å². The van der Waals surface area contributed by atoms with Crippen LogP contribution in [0.15, 0.2) is 42.5 Å². The van der Waals surface area contributed by atoms with Gasteiger partial charge >= 0.3 is 0 Å². The molecule has 2 atom stereocenters. The lowest BCUT2D eigenvalue weighted by Crippen LogP contribution is -2.24. The van der Waals surface area contributed by atoms with Gasteiger partial charge in [0.1, 0.15) is 11.5 Å². The number of methoxy groups -OCH3 is 2. The Bertz CT molecular complexity index is 785. The lowest BCUT2D eigenvalue weighted by atomic mass is 10.0. The van der Waals surface area contributed by atoms with Crippen LogP contribution in [0.2, 0.25) is 0 Å². The monoisotopic (exact) mass is 338 g/mol. The van der Waals surface area contributed by atoms with Crippen LogP contribution in [0, 0.1) is 11.3 Å². The summed E-state index contributed by atoms with van der Waals surface area (Å²) < 4.78 is 10.8. The van der Waals surface area contributed by atoms with Gasteiger partial charge < -0.3 is 14.6 Å². The number of benzene rings is 2. The molecule has 1 fully saturated rings. The highest BCUT2D eigenvalue weighted by atomic mass is 16.5. The fourth-order valence-electron chi connectivity index (χ4n) is 3.44. The van der Waals surface area contributed by atoms with E-state index < -0.39 is 0 Å². The largest absolute Gasteiger partial charge is 0.497 e. The van der Waals surface area contributed by atoms with Gasteiger partial charge in [0, 0.05) is 24.7 Å². The summed E-state index contributed by atoms with van der Waals surface area (Å²) in [5.41, 5.74) is 2.67. The Morgan fingerprint density at radius 1 is 1.20 bits per heavy atom. The first-order valence-corrected chi connectivity index (χ1v) is 8.27. The van der Waals surface area contributed by atoms with Crippen molar-refractivity contribution in [3.05, 3.63) is 59.2 Å². The number of hydrogen-bond acceptors (Lipinski definition) is 5. The van der Waals surface area contributed by atoms with Gasteiger partial charge in [-0.15, -0.1) is 0 Å². The number of hydrogen-bond donors (Lipinski definition) is 1. The van der Waals surface area contributed by atoms with E-state index in [4.69, 9.17) is 14.7 Å². The van der Waals surface area contributed by atoms with Gasteiger partial charge in [-0.25, -0.2) is 0 Å². The molecule has 0 aliphatic carbocycles. The SMILES string of the molecule is COc1cccc([C@H]2C[C@@H](O)CN2Cc2cc(C#N)ccc2OC)c1. The molecule has 0 aromatic heterocycles. The summed E-state index contributed by atoms with van der Waals surface area (Å²) in [4.78, 5) is 2.22. The van der Waals surface area contributed by atoms with Crippen LogP contribution in [0.1, 0.15) is 29.2 Å². The third-order valence-corrected chi connectivity index (χ3v) is 4.64. The molecular weight excluding hydrogens is 316 g/mol. The minimum atomic E-state index is -0.374. The van der Waals surface area contributed by atoms with Crippen molar-refractivity contribution in [3.8, 4) is 17.6 Å². The first-order valence-electron chi connectivity index (χ1n) is 8.27. The Morgan fingerprint density at radius 2 is 2.04 bits per heavy atom. The van der Waals surface area contributed by atoms with Gasteiger partial charge in [-0.05, 0) is 42.3 Å². The van der Waals surface area contributed by atoms with Gasteiger partial charge in [-0.3, -0.25) is 4.90 Å². The van der Waals surface area contributed by atoms with Crippen molar-refractivity contribution < 1.29 is 14.6 Å². The first kappa shape index (κ1) is 17.3. The predicted molar refractivity (Wildman–Crippen MR) is 94.5 cm³/mol. The van der Waals surface area contributed by atoms with Crippen molar-refractivity contribution >= 4 is 0 Å². The quantitative estimate of drug-likeness (QED) is 0.908. The Labute approximate surface area is 148 Å². The van der Waals surface area contributed by atoms with Crippen LogP contribution in [0.25, 0.3) is 0 Å². The van der Waals surface area contributed by atoms with E-state index in [0.717, 1.165) is 22.6 Å². The summed E-state index contributed by atoms with van der Waals surface area (Å²) in [5, 5.41) is 19.4. The molecule has 1 N–H and O–H groups in total. The normalized spacial score (nSPS) is 20.2. The maximum absolute atomic E-state index is 10.2. The Balaban J connectivity index is 1.89. The number of rotatable bonds is 5. The Morgan fingerprint density at radius 3 is 2.76 bits per heavy atom. The second-order valence-corrected chi connectivity index (χ2v) is 6.25. The van der Waals surface area contributed by atoms with Crippen LogP contribution >= 0.6 is 0 Å². The zero-order valence-corrected chi connectivity index (χ0v) is 14.5. The van der Waals surface area contributed by atoms with Crippen LogP contribution in [0.4, 0.5) is 0 Å². The van der Waals surface area contributed by atoms with Gasteiger partial charge in [0.15, 0.2) is 0 Å². The molecule has 0 unspecified atom stereocenters. The lowest BCUT2D eigenvalue weighted by Gasteiger charge is -2.25. The van der Waals surface area contributed by atoms with E-state index in [1.165, 1.54) is 0 Å². The Hall–Kier alpha value is -2.55. The van der Waals surface area contributed by atoms with Gasteiger partial charge in [0.05, 0.1) is 32.0 Å². The van der Waals surface area contributed by atoms with Crippen molar-refractivity contribution in [2.24, 2.45) is 0 Å². The molecule has 0 spiro atoms. The van der Waals surface area contributed by atoms with E-state index in [1.54, 1.807) is 20.3 Å². The highest BCUT2D eigenvalue weighted by Gasteiger charge is 2.32. The number of ether oxygens (including phenoxy) is 2. The van der Waals surface area contributed by atoms with Crippen molar-refractivity contribution in [2.45, 2.75) is 25.1 Å². The van der Waals surface area contributed by atoms with E-state index in [2.05, 4.69) is 17.0 Å². The molecule has 2 aromatic rings. The fourth-order valence-corrected chi connectivity index (χ4v) is 3.44. The molecular formula is C20H22N2O3. The standard InChI is InChI=1S/C20H22N2O3/c1-24-18-5-3-4-15(9-18)19-10-17(23)13-22(19)12-16-8-14(11-21)6-7-20(16)25-2/h3-9,17,19,23H,10,12-13H2,1-2H3/t17-,19-/m1/s1. The van der Waals surface area contributed by atoms with Crippen molar-refractivity contribution in [1.82, 2.24) is 4.90 Å². The number of β-amino-alcohol motifs (C(OH)–C–C–N with tert-alkyl or cyclic N) is 1. The number of aliphatic hydroxyl groups is 1. The van der Waals surface area contributed by atoms with Gasteiger partial charge in [-0.1, -0.05) is 12.1 Å². The summed E-state index contributed by atoms with van der Waals surface area (Å²) >= 11 is 0. The van der Waals surface area contributed by atoms with E-state index in [-0.39, 0.29) is 12.1 Å². The number of likely N-dealkylation sites (tertiary alicyclic amines) is 1. The molecule has 1 saturated heterocycles. The average Bonchev–Trinajstić information content (AvgIpc) is 3.02. The molecule has 2 aromatic carbocycles. The molecule has 5 nitrogen and oxygen atoms in total. The average molecular weight is 338 g/mol. The Kier molecular flexibility index (Phi) is 5.22. The first-order chi connectivity index (χ1) is 12.1. The second-order valence-electron chi connectivity index (χ2n) is 6.25. The van der Waals surface area contributed by atoms with Crippen LogP contribution in [0.3, 0.4) is 0 Å². The summed E-state index contributed by atoms with van der Waals surface area (Å²) in [6.07, 6.45) is 0.300.